The van der Waals surface area contributed by atoms with Crippen LogP contribution in [0.15, 0.2) is 47.4 Å². The lowest BCUT2D eigenvalue weighted by atomic mass is 10.2. The van der Waals surface area contributed by atoms with Crippen molar-refractivity contribution in [3.05, 3.63) is 63.2 Å². The summed E-state index contributed by atoms with van der Waals surface area (Å²) >= 11 is 5.68. The molecule has 8 heteroatoms. The zero-order valence-electron chi connectivity index (χ0n) is 10.9. The lowest BCUT2D eigenvalue weighted by Crippen LogP contribution is -2.15. The van der Waals surface area contributed by atoms with Crippen molar-refractivity contribution in [2.24, 2.45) is 0 Å². The van der Waals surface area contributed by atoms with Gasteiger partial charge in [0.15, 0.2) is 4.90 Å². The first-order chi connectivity index (χ1) is 9.81. The van der Waals surface area contributed by atoms with Crippen molar-refractivity contribution in [3.8, 4) is 0 Å². The molecule has 0 aliphatic heterocycles. The molecule has 0 fully saturated rings. The number of para-hydroxylation sites is 1. The predicted molar refractivity (Wildman–Crippen MR) is 80.1 cm³/mol. The molecule has 0 heterocycles. The van der Waals surface area contributed by atoms with Crippen LogP contribution in [0.4, 0.5) is 11.4 Å². The number of hydrogen-bond acceptors (Lipinski definition) is 4. The SMILES string of the molecule is Cc1ccccc1NS(=O)(=O)c1ccc(Cl)cc1[N+](=O)[O-]. The molecule has 0 saturated carbocycles. The summed E-state index contributed by atoms with van der Waals surface area (Å²) < 4.78 is 27.0. The second kappa shape index (κ2) is 5.71. The van der Waals surface area contributed by atoms with Gasteiger partial charge >= 0.3 is 0 Å². The summed E-state index contributed by atoms with van der Waals surface area (Å²) in [6.07, 6.45) is 0. The third-order valence-electron chi connectivity index (χ3n) is 2.80. The standard InChI is InChI=1S/C13H11ClN2O4S/c1-9-4-2-3-5-11(9)15-21(19,20)13-7-6-10(14)8-12(13)16(17)18/h2-8,15H,1H3. The molecule has 0 atom stereocenters. The number of sulfonamides is 1. The Balaban J connectivity index is 2.50. The summed E-state index contributed by atoms with van der Waals surface area (Å²) in [5.41, 5.74) is 0.503. The summed E-state index contributed by atoms with van der Waals surface area (Å²) in [5.74, 6) is 0. The van der Waals surface area contributed by atoms with Crippen LogP contribution in [0.25, 0.3) is 0 Å². The Bertz CT molecular complexity index is 806. The highest BCUT2D eigenvalue weighted by Crippen LogP contribution is 2.29. The molecule has 2 aromatic rings. The van der Waals surface area contributed by atoms with E-state index in [1.54, 1.807) is 31.2 Å². The first-order valence-electron chi connectivity index (χ1n) is 5.83. The highest BCUT2D eigenvalue weighted by molar-refractivity contribution is 7.92. The van der Waals surface area contributed by atoms with Crippen LogP contribution >= 0.6 is 11.6 Å². The Hall–Kier alpha value is -2.12. The molecule has 0 saturated heterocycles. The number of nitro groups is 1. The third-order valence-corrected chi connectivity index (χ3v) is 4.44. The van der Waals surface area contributed by atoms with Crippen molar-refractivity contribution in [1.29, 1.82) is 0 Å². The van der Waals surface area contributed by atoms with E-state index < -0.39 is 25.5 Å². The molecule has 0 aromatic heterocycles. The van der Waals surface area contributed by atoms with Crippen molar-refractivity contribution in [3.63, 3.8) is 0 Å². The Morgan fingerprint density at radius 2 is 1.86 bits per heavy atom. The average molecular weight is 327 g/mol. The molecule has 0 aliphatic carbocycles. The van der Waals surface area contributed by atoms with Gasteiger partial charge in [-0.3, -0.25) is 14.8 Å². The highest BCUT2D eigenvalue weighted by Gasteiger charge is 2.26. The fourth-order valence-electron chi connectivity index (χ4n) is 1.75. The molecule has 21 heavy (non-hydrogen) atoms. The van der Waals surface area contributed by atoms with E-state index in [9.17, 15) is 18.5 Å². The monoisotopic (exact) mass is 326 g/mol. The van der Waals surface area contributed by atoms with Crippen LogP contribution in [0.1, 0.15) is 5.56 Å². The summed E-state index contributed by atoms with van der Waals surface area (Å²) in [4.78, 5) is 9.78. The van der Waals surface area contributed by atoms with E-state index >= 15 is 0 Å². The maximum absolute atomic E-state index is 12.3. The largest absolute Gasteiger partial charge is 0.291 e. The molecule has 0 unspecified atom stereocenters. The summed E-state index contributed by atoms with van der Waals surface area (Å²) in [6, 6.07) is 10.2. The average Bonchev–Trinajstić information content (AvgIpc) is 2.40. The maximum Gasteiger partial charge on any atom is 0.291 e. The van der Waals surface area contributed by atoms with Crippen LogP contribution in [0.3, 0.4) is 0 Å². The molecule has 2 rings (SSSR count). The minimum atomic E-state index is -4.08. The molecule has 0 amide bonds. The Labute approximate surface area is 126 Å². The Morgan fingerprint density at radius 1 is 1.19 bits per heavy atom. The van der Waals surface area contributed by atoms with Gasteiger partial charge in [0.25, 0.3) is 15.7 Å². The molecule has 0 aliphatic rings. The van der Waals surface area contributed by atoms with Gasteiger partial charge in [0, 0.05) is 11.1 Å². The topological polar surface area (TPSA) is 89.3 Å². The number of anilines is 1. The first-order valence-corrected chi connectivity index (χ1v) is 7.70. The van der Waals surface area contributed by atoms with E-state index in [2.05, 4.69) is 4.72 Å². The minimum absolute atomic E-state index is 0.0940. The number of benzene rings is 2. The van der Waals surface area contributed by atoms with E-state index in [1.807, 2.05) is 0 Å². The molecule has 2 aromatic carbocycles. The normalized spacial score (nSPS) is 11.1. The minimum Gasteiger partial charge on any atom is -0.279 e. The van der Waals surface area contributed by atoms with Crippen LogP contribution in [-0.4, -0.2) is 13.3 Å². The smallest absolute Gasteiger partial charge is 0.279 e. The quantitative estimate of drug-likeness (QED) is 0.689. The number of nitro benzene ring substituents is 1. The fourth-order valence-corrected chi connectivity index (χ4v) is 3.20. The number of aryl methyl sites for hydroxylation is 1. The van der Waals surface area contributed by atoms with Crippen molar-refractivity contribution in [2.45, 2.75) is 11.8 Å². The number of rotatable bonds is 4. The second-order valence-corrected chi connectivity index (χ2v) is 6.38. The fraction of sp³-hybridized carbons (Fsp3) is 0.0769. The van der Waals surface area contributed by atoms with Gasteiger partial charge in [-0.1, -0.05) is 29.8 Å². The van der Waals surface area contributed by atoms with Crippen molar-refractivity contribution < 1.29 is 13.3 Å². The number of halogens is 1. The zero-order valence-corrected chi connectivity index (χ0v) is 12.5. The van der Waals surface area contributed by atoms with Crippen molar-refractivity contribution in [2.75, 3.05) is 4.72 Å². The van der Waals surface area contributed by atoms with Gasteiger partial charge in [-0.2, -0.15) is 0 Å². The zero-order chi connectivity index (χ0) is 15.6. The van der Waals surface area contributed by atoms with E-state index in [-0.39, 0.29) is 5.02 Å². The molecular weight excluding hydrogens is 316 g/mol. The van der Waals surface area contributed by atoms with Crippen LogP contribution in [-0.2, 0) is 10.0 Å². The van der Waals surface area contributed by atoms with Gasteiger partial charge in [0.1, 0.15) is 0 Å². The number of nitrogens with one attached hydrogen (secondary N) is 1. The lowest BCUT2D eigenvalue weighted by Gasteiger charge is -2.10. The summed E-state index contributed by atoms with van der Waals surface area (Å²) in [5, 5.41) is 11.1. The first kappa shape index (κ1) is 15.3. The van der Waals surface area contributed by atoms with Crippen LogP contribution in [0.5, 0.6) is 0 Å². The molecule has 6 nitrogen and oxygen atoms in total. The van der Waals surface area contributed by atoms with Gasteiger partial charge < -0.3 is 0 Å². The van der Waals surface area contributed by atoms with Crippen LogP contribution in [0.2, 0.25) is 5.02 Å². The molecule has 0 spiro atoms. The molecule has 1 N–H and O–H groups in total. The molecule has 0 bridgehead atoms. The van der Waals surface area contributed by atoms with E-state index in [4.69, 9.17) is 11.6 Å². The van der Waals surface area contributed by atoms with Crippen molar-refractivity contribution >= 4 is 33.0 Å². The van der Waals surface area contributed by atoms with Crippen LogP contribution < -0.4 is 4.72 Å². The van der Waals surface area contributed by atoms with E-state index in [0.717, 1.165) is 12.1 Å². The highest BCUT2D eigenvalue weighted by atomic mass is 35.5. The van der Waals surface area contributed by atoms with Crippen LogP contribution in [0, 0.1) is 17.0 Å². The lowest BCUT2D eigenvalue weighted by molar-refractivity contribution is -0.387. The van der Waals surface area contributed by atoms with Gasteiger partial charge in [-0.15, -0.1) is 0 Å². The summed E-state index contributed by atoms with van der Waals surface area (Å²) in [7, 11) is -4.08. The van der Waals surface area contributed by atoms with E-state index in [1.165, 1.54) is 6.07 Å². The summed E-state index contributed by atoms with van der Waals surface area (Å²) in [6.45, 7) is 1.73. The molecular formula is C13H11ClN2O4S. The predicted octanol–water partition coefficient (Wildman–Crippen LogP) is 3.36. The number of hydrogen-bond donors (Lipinski definition) is 1. The third kappa shape index (κ3) is 3.32. The molecule has 0 radical (unpaired) electrons. The van der Waals surface area contributed by atoms with Gasteiger partial charge in [0.2, 0.25) is 0 Å². The van der Waals surface area contributed by atoms with Gasteiger partial charge in [0.05, 0.1) is 10.6 Å². The van der Waals surface area contributed by atoms with Gasteiger partial charge in [-0.25, -0.2) is 8.42 Å². The Morgan fingerprint density at radius 3 is 2.48 bits per heavy atom. The second-order valence-electron chi connectivity index (χ2n) is 4.29. The van der Waals surface area contributed by atoms with Gasteiger partial charge in [-0.05, 0) is 30.7 Å². The maximum atomic E-state index is 12.3. The molecule has 110 valence electrons. The number of nitrogens with zero attached hydrogens (tertiary/aromatic N) is 1. The Kier molecular flexibility index (Phi) is 4.15. The van der Waals surface area contributed by atoms with Crippen molar-refractivity contribution in [1.82, 2.24) is 0 Å². The van der Waals surface area contributed by atoms with E-state index in [0.29, 0.717) is 11.3 Å².